The molecule has 0 unspecified atom stereocenters. The highest BCUT2D eigenvalue weighted by Gasteiger charge is 1.99. The van der Waals surface area contributed by atoms with Crippen LogP contribution >= 0.6 is 15.9 Å². The number of anilines is 1. The first-order valence-corrected chi connectivity index (χ1v) is 5.19. The van der Waals surface area contributed by atoms with Gasteiger partial charge in [0.2, 0.25) is 0 Å². The molecule has 0 bridgehead atoms. The Kier molecular flexibility index (Phi) is 3.39. The lowest BCUT2D eigenvalue weighted by molar-refractivity contribution is 1.37. The minimum atomic E-state index is 0.680. The van der Waals surface area contributed by atoms with E-state index in [1.165, 1.54) is 5.56 Å². The highest BCUT2D eigenvalue weighted by Crippen LogP contribution is 2.17. The third kappa shape index (κ3) is 2.50. The van der Waals surface area contributed by atoms with Crippen molar-refractivity contribution in [3.63, 3.8) is 0 Å². The van der Waals surface area contributed by atoms with Crippen LogP contribution in [0.2, 0.25) is 0 Å². The summed E-state index contributed by atoms with van der Waals surface area (Å²) in [6, 6.07) is 4.08. The van der Waals surface area contributed by atoms with Crippen LogP contribution < -0.4 is 5.73 Å². The summed E-state index contributed by atoms with van der Waals surface area (Å²) in [5, 5.41) is 0.680. The summed E-state index contributed by atoms with van der Waals surface area (Å²) in [6.45, 7) is 4.05. The number of benzene rings is 1. The molecule has 0 saturated carbocycles. The van der Waals surface area contributed by atoms with Crippen LogP contribution in [0.15, 0.2) is 12.1 Å². The highest BCUT2D eigenvalue weighted by molar-refractivity contribution is 9.09. The SMILES string of the molecule is Cc1cc(C)c(N)c(C#CCBr)c1. The lowest BCUT2D eigenvalue weighted by atomic mass is 10.0. The van der Waals surface area contributed by atoms with Crippen molar-refractivity contribution in [2.24, 2.45) is 0 Å². The average Bonchev–Trinajstić information content (AvgIpc) is 2.09. The van der Waals surface area contributed by atoms with Gasteiger partial charge in [0.1, 0.15) is 0 Å². The first kappa shape index (κ1) is 10.1. The van der Waals surface area contributed by atoms with E-state index in [1.54, 1.807) is 0 Å². The number of nitrogens with two attached hydrogens (primary N) is 1. The highest BCUT2D eigenvalue weighted by atomic mass is 79.9. The summed E-state index contributed by atoms with van der Waals surface area (Å²) in [5.41, 5.74) is 9.89. The van der Waals surface area contributed by atoms with Crippen molar-refractivity contribution in [1.29, 1.82) is 0 Å². The second kappa shape index (κ2) is 4.34. The maximum Gasteiger partial charge on any atom is 0.0649 e. The minimum absolute atomic E-state index is 0.680. The molecular formula is C11H12BrN. The molecule has 1 nitrogen and oxygen atoms in total. The van der Waals surface area contributed by atoms with Crippen molar-refractivity contribution < 1.29 is 0 Å². The average molecular weight is 238 g/mol. The van der Waals surface area contributed by atoms with Gasteiger partial charge in [-0.3, -0.25) is 0 Å². The molecule has 0 spiro atoms. The summed E-state index contributed by atoms with van der Waals surface area (Å²) >= 11 is 3.25. The molecule has 1 aromatic carbocycles. The van der Waals surface area contributed by atoms with E-state index in [0.717, 1.165) is 16.8 Å². The Morgan fingerprint density at radius 3 is 2.69 bits per heavy atom. The van der Waals surface area contributed by atoms with E-state index in [9.17, 15) is 0 Å². The van der Waals surface area contributed by atoms with E-state index in [1.807, 2.05) is 19.9 Å². The minimum Gasteiger partial charge on any atom is -0.398 e. The maximum atomic E-state index is 5.87. The van der Waals surface area contributed by atoms with Crippen molar-refractivity contribution >= 4 is 21.6 Å². The molecule has 0 amide bonds. The molecule has 2 heteroatoms. The molecule has 1 rings (SSSR count). The number of halogens is 1. The standard InChI is InChI=1S/C11H12BrN/c1-8-6-9(2)11(13)10(7-8)4-3-5-12/h6-7H,5,13H2,1-2H3. The van der Waals surface area contributed by atoms with E-state index < -0.39 is 0 Å². The largest absolute Gasteiger partial charge is 0.398 e. The molecule has 0 atom stereocenters. The molecule has 0 heterocycles. The summed E-state index contributed by atoms with van der Waals surface area (Å²) in [4.78, 5) is 0. The smallest absolute Gasteiger partial charge is 0.0649 e. The van der Waals surface area contributed by atoms with E-state index >= 15 is 0 Å². The third-order valence-electron chi connectivity index (χ3n) is 1.82. The summed E-state index contributed by atoms with van der Waals surface area (Å²) in [7, 11) is 0. The van der Waals surface area contributed by atoms with Gasteiger partial charge >= 0.3 is 0 Å². The van der Waals surface area contributed by atoms with Gasteiger partial charge in [0, 0.05) is 5.56 Å². The van der Waals surface area contributed by atoms with Crippen LogP contribution in [-0.4, -0.2) is 5.33 Å². The van der Waals surface area contributed by atoms with Gasteiger partial charge in [-0.1, -0.05) is 33.8 Å². The Labute approximate surface area is 87.5 Å². The van der Waals surface area contributed by atoms with Crippen LogP contribution in [0.5, 0.6) is 0 Å². The maximum absolute atomic E-state index is 5.87. The van der Waals surface area contributed by atoms with Gasteiger partial charge in [0.25, 0.3) is 0 Å². The zero-order valence-electron chi connectivity index (χ0n) is 7.82. The van der Waals surface area contributed by atoms with Gasteiger partial charge in [0.05, 0.1) is 11.0 Å². The van der Waals surface area contributed by atoms with Gasteiger partial charge < -0.3 is 5.73 Å². The Morgan fingerprint density at radius 2 is 2.08 bits per heavy atom. The van der Waals surface area contributed by atoms with Crippen LogP contribution in [-0.2, 0) is 0 Å². The molecule has 0 aromatic heterocycles. The summed E-state index contributed by atoms with van der Waals surface area (Å²) in [5.74, 6) is 5.97. The van der Waals surface area contributed by atoms with Crippen molar-refractivity contribution in [3.05, 3.63) is 28.8 Å². The number of alkyl halides is 1. The van der Waals surface area contributed by atoms with Crippen LogP contribution in [0.25, 0.3) is 0 Å². The Morgan fingerprint density at radius 1 is 1.38 bits per heavy atom. The molecule has 68 valence electrons. The van der Waals surface area contributed by atoms with Crippen molar-refractivity contribution in [2.45, 2.75) is 13.8 Å². The number of aryl methyl sites for hydroxylation is 2. The predicted molar refractivity (Wildman–Crippen MR) is 61.0 cm³/mol. The fourth-order valence-corrected chi connectivity index (χ4v) is 1.35. The second-order valence-electron chi connectivity index (χ2n) is 2.98. The Bertz CT molecular complexity index is 372. The zero-order chi connectivity index (χ0) is 9.84. The summed E-state index contributed by atoms with van der Waals surface area (Å²) in [6.07, 6.45) is 0. The van der Waals surface area contributed by atoms with Crippen molar-refractivity contribution in [3.8, 4) is 11.8 Å². The quantitative estimate of drug-likeness (QED) is 0.419. The third-order valence-corrected chi connectivity index (χ3v) is 2.10. The molecule has 0 saturated heterocycles. The molecule has 0 fully saturated rings. The van der Waals surface area contributed by atoms with Gasteiger partial charge in [-0.15, -0.1) is 0 Å². The summed E-state index contributed by atoms with van der Waals surface area (Å²) < 4.78 is 0. The van der Waals surface area contributed by atoms with E-state index in [-0.39, 0.29) is 0 Å². The monoisotopic (exact) mass is 237 g/mol. The van der Waals surface area contributed by atoms with Crippen LogP contribution in [0.4, 0.5) is 5.69 Å². The van der Waals surface area contributed by atoms with Crippen molar-refractivity contribution in [2.75, 3.05) is 11.1 Å². The molecule has 0 aliphatic heterocycles. The molecule has 2 N–H and O–H groups in total. The van der Waals surface area contributed by atoms with Gasteiger partial charge in [-0.2, -0.15) is 0 Å². The number of hydrogen-bond donors (Lipinski definition) is 1. The first-order chi connectivity index (χ1) is 6.15. The normalized spacial score (nSPS) is 9.15. The van der Waals surface area contributed by atoms with E-state index in [2.05, 4.69) is 33.8 Å². The van der Waals surface area contributed by atoms with Crippen LogP contribution in [0, 0.1) is 25.7 Å². The Balaban J connectivity index is 3.20. The molecule has 13 heavy (non-hydrogen) atoms. The molecular weight excluding hydrogens is 226 g/mol. The lowest BCUT2D eigenvalue weighted by Crippen LogP contribution is -1.95. The van der Waals surface area contributed by atoms with Crippen LogP contribution in [0.1, 0.15) is 16.7 Å². The van der Waals surface area contributed by atoms with Gasteiger partial charge in [0.15, 0.2) is 0 Å². The van der Waals surface area contributed by atoms with Gasteiger partial charge in [-0.25, -0.2) is 0 Å². The van der Waals surface area contributed by atoms with E-state index in [4.69, 9.17) is 5.73 Å². The lowest BCUT2D eigenvalue weighted by Gasteiger charge is -2.04. The predicted octanol–water partition coefficient (Wildman–Crippen LogP) is 2.63. The van der Waals surface area contributed by atoms with Gasteiger partial charge in [-0.05, 0) is 31.0 Å². The number of rotatable bonds is 0. The molecule has 0 aliphatic rings. The van der Waals surface area contributed by atoms with E-state index in [0.29, 0.717) is 5.33 Å². The zero-order valence-corrected chi connectivity index (χ0v) is 9.40. The van der Waals surface area contributed by atoms with Crippen molar-refractivity contribution in [1.82, 2.24) is 0 Å². The molecule has 1 aromatic rings. The topological polar surface area (TPSA) is 26.0 Å². The second-order valence-corrected chi connectivity index (χ2v) is 3.54. The fraction of sp³-hybridized carbons (Fsp3) is 0.273. The molecule has 0 radical (unpaired) electrons. The Hall–Kier alpha value is -0.940. The fourth-order valence-electron chi connectivity index (χ4n) is 1.21. The number of hydrogen-bond acceptors (Lipinski definition) is 1. The first-order valence-electron chi connectivity index (χ1n) is 4.06. The molecule has 0 aliphatic carbocycles. The number of nitrogen functional groups attached to an aromatic ring is 1. The van der Waals surface area contributed by atoms with Crippen LogP contribution in [0.3, 0.4) is 0 Å².